The fourth-order valence-corrected chi connectivity index (χ4v) is 1.68. The lowest BCUT2D eigenvalue weighted by Gasteiger charge is -2.36. The first-order valence-electron chi connectivity index (χ1n) is 5.46. The second kappa shape index (κ2) is 4.73. The molecule has 0 fully saturated rings. The Morgan fingerprint density at radius 2 is 2.06 bits per heavy atom. The molecule has 0 atom stereocenters. The van der Waals surface area contributed by atoms with Crippen LogP contribution in [0.5, 0.6) is 0 Å². The second-order valence-corrected chi connectivity index (χ2v) is 4.88. The molecular formula is C13H18FNO2. The predicted octanol–water partition coefficient (Wildman–Crippen LogP) is 2.82. The topological polar surface area (TPSA) is 40.5 Å². The zero-order valence-corrected chi connectivity index (χ0v) is 10.6. The van der Waals surface area contributed by atoms with Gasteiger partial charge < -0.3 is 10.0 Å². The molecule has 0 unspecified atom stereocenters. The van der Waals surface area contributed by atoms with Gasteiger partial charge >= 0.3 is 5.97 Å². The van der Waals surface area contributed by atoms with E-state index in [9.17, 15) is 9.18 Å². The molecule has 0 aliphatic heterocycles. The van der Waals surface area contributed by atoms with Crippen LogP contribution in [0.4, 0.5) is 10.1 Å². The van der Waals surface area contributed by atoms with E-state index in [1.54, 1.807) is 19.1 Å². The number of aryl methyl sites for hydroxylation is 1. The van der Waals surface area contributed by atoms with E-state index in [1.807, 2.05) is 25.8 Å². The highest BCUT2D eigenvalue weighted by Crippen LogP contribution is 2.26. The first kappa shape index (κ1) is 13.5. The molecule has 0 aliphatic rings. The Kier molecular flexibility index (Phi) is 3.76. The zero-order valence-electron chi connectivity index (χ0n) is 10.6. The number of carboxylic acids is 1. The van der Waals surface area contributed by atoms with E-state index in [0.29, 0.717) is 5.56 Å². The van der Waals surface area contributed by atoms with Crippen molar-refractivity contribution in [3.8, 4) is 0 Å². The molecule has 1 rings (SSSR count). The molecule has 0 saturated carbocycles. The van der Waals surface area contributed by atoms with E-state index in [4.69, 9.17) is 5.11 Å². The number of hydrogen-bond donors (Lipinski definition) is 1. The van der Waals surface area contributed by atoms with Crippen LogP contribution in [0.2, 0.25) is 0 Å². The molecule has 1 N–H and O–H groups in total. The Morgan fingerprint density at radius 1 is 1.47 bits per heavy atom. The zero-order chi connectivity index (χ0) is 13.2. The van der Waals surface area contributed by atoms with E-state index < -0.39 is 11.5 Å². The third kappa shape index (κ3) is 3.19. The van der Waals surface area contributed by atoms with Crippen molar-refractivity contribution in [1.29, 1.82) is 0 Å². The highest BCUT2D eigenvalue weighted by molar-refractivity contribution is 5.69. The van der Waals surface area contributed by atoms with Crippen LogP contribution in [-0.2, 0) is 4.79 Å². The molecule has 1 aromatic rings. The number of nitrogens with zero attached hydrogens (tertiary/aromatic N) is 1. The number of hydrogen-bond acceptors (Lipinski definition) is 2. The van der Waals surface area contributed by atoms with Crippen LogP contribution in [0.25, 0.3) is 0 Å². The van der Waals surface area contributed by atoms with Gasteiger partial charge in [-0.1, -0.05) is 0 Å². The lowest BCUT2D eigenvalue weighted by molar-refractivity contribution is -0.138. The Balaban J connectivity index is 2.98. The third-order valence-electron chi connectivity index (χ3n) is 3.02. The van der Waals surface area contributed by atoms with Crippen molar-refractivity contribution in [3.63, 3.8) is 0 Å². The van der Waals surface area contributed by atoms with Gasteiger partial charge in [-0.15, -0.1) is 0 Å². The molecule has 0 aromatic heterocycles. The molecule has 4 heteroatoms. The minimum absolute atomic E-state index is 0.0277. The summed E-state index contributed by atoms with van der Waals surface area (Å²) in [6.45, 7) is 5.39. The summed E-state index contributed by atoms with van der Waals surface area (Å²) < 4.78 is 13.2. The van der Waals surface area contributed by atoms with Gasteiger partial charge in [0.15, 0.2) is 0 Å². The maximum atomic E-state index is 13.2. The number of carbonyl (C=O) groups is 1. The third-order valence-corrected chi connectivity index (χ3v) is 3.02. The molecule has 0 bridgehead atoms. The van der Waals surface area contributed by atoms with Gasteiger partial charge in [-0.25, -0.2) is 4.39 Å². The van der Waals surface area contributed by atoms with Gasteiger partial charge in [-0.3, -0.25) is 4.79 Å². The molecule has 1 aromatic carbocycles. The normalized spacial score (nSPS) is 11.4. The molecule has 0 amide bonds. The molecule has 94 valence electrons. The van der Waals surface area contributed by atoms with Gasteiger partial charge in [-0.2, -0.15) is 0 Å². The average molecular weight is 239 g/mol. The van der Waals surface area contributed by atoms with Crippen LogP contribution >= 0.6 is 0 Å². The summed E-state index contributed by atoms with van der Waals surface area (Å²) in [6, 6.07) is 4.78. The van der Waals surface area contributed by atoms with Crippen molar-refractivity contribution in [1.82, 2.24) is 0 Å². The maximum absolute atomic E-state index is 13.2. The quantitative estimate of drug-likeness (QED) is 0.878. The standard InChI is InChI=1S/C13H18FNO2/c1-9-7-10(5-6-11(9)14)15(4)13(2,3)8-12(16)17/h5-7H,8H2,1-4H3,(H,16,17). The van der Waals surface area contributed by atoms with Gasteiger partial charge in [0.2, 0.25) is 0 Å². The summed E-state index contributed by atoms with van der Waals surface area (Å²) in [7, 11) is 1.82. The van der Waals surface area contributed by atoms with Gasteiger partial charge in [0.1, 0.15) is 5.82 Å². The van der Waals surface area contributed by atoms with E-state index in [1.165, 1.54) is 6.07 Å². The molecule has 3 nitrogen and oxygen atoms in total. The minimum Gasteiger partial charge on any atom is -0.481 e. The molecular weight excluding hydrogens is 221 g/mol. The van der Waals surface area contributed by atoms with Gasteiger partial charge in [0.05, 0.1) is 6.42 Å². The fraction of sp³-hybridized carbons (Fsp3) is 0.462. The number of anilines is 1. The van der Waals surface area contributed by atoms with Crippen LogP contribution in [-0.4, -0.2) is 23.7 Å². The SMILES string of the molecule is Cc1cc(N(C)C(C)(C)CC(=O)O)ccc1F. The molecule has 0 heterocycles. The van der Waals surface area contributed by atoms with Gasteiger partial charge in [0.25, 0.3) is 0 Å². The Labute approximate surface area is 101 Å². The Bertz CT molecular complexity index is 429. The number of aliphatic carboxylic acids is 1. The molecule has 17 heavy (non-hydrogen) atoms. The maximum Gasteiger partial charge on any atom is 0.305 e. The molecule has 0 spiro atoms. The van der Waals surface area contributed by atoms with Crippen LogP contribution in [0.15, 0.2) is 18.2 Å². The number of carboxylic acid groups (broad SMARTS) is 1. The van der Waals surface area contributed by atoms with E-state index >= 15 is 0 Å². The van der Waals surface area contributed by atoms with Crippen molar-refractivity contribution in [2.45, 2.75) is 32.7 Å². The summed E-state index contributed by atoms with van der Waals surface area (Å²) in [5, 5.41) is 8.86. The first-order chi connectivity index (χ1) is 7.74. The fourth-order valence-electron chi connectivity index (χ4n) is 1.68. The van der Waals surface area contributed by atoms with Crippen molar-refractivity contribution < 1.29 is 14.3 Å². The minimum atomic E-state index is -0.847. The monoisotopic (exact) mass is 239 g/mol. The summed E-state index contributed by atoms with van der Waals surface area (Å²) in [6.07, 6.45) is 0.0277. The average Bonchev–Trinajstić information content (AvgIpc) is 2.19. The molecule has 0 radical (unpaired) electrons. The van der Waals surface area contributed by atoms with E-state index in [2.05, 4.69) is 0 Å². The number of rotatable bonds is 4. The molecule has 0 aliphatic carbocycles. The van der Waals surface area contributed by atoms with Gasteiger partial charge in [0, 0.05) is 18.3 Å². The summed E-state index contributed by atoms with van der Waals surface area (Å²) in [5.74, 6) is -1.10. The highest BCUT2D eigenvalue weighted by Gasteiger charge is 2.27. The highest BCUT2D eigenvalue weighted by atomic mass is 19.1. The predicted molar refractivity (Wildman–Crippen MR) is 65.9 cm³/mol. The lowest BCUT2D eigenvalue weighted by atomic mass is 9.97. The summed E-state index contributed by atoms with van der Waals surface area (Å²) in [4.78, 5) is 12.6. The first-order valence-corrected chi connectivity index (χ1v) is 5.46. The van der Waals surface area contributed by atoms with Crippen LogP contribution in [0.3, 0.4) is 0 Å². The van der Waals surface area contributed by atoms with Crippen LogP contribution in [0.1, 0.15) is 25.8 Å². The second-order valence-electron chi connectivity index (χ2n) is 4.88. The van der Waals surface area contributed by atoms with E-state index in [-0.39, 0.29) is 12.2 Å². The molecule has 0 saturated heterocycles. The summed E-state index contributed by atoms with van der Waals surface area (Å²) >= 11 is 0. The van der Waals surface area contributed by atoms with Crippen molar-refractivity contribution in [2.24, 2.45) is 0 Å². The summed E-state index contributed by atoms with van der Waals surface area (Å²) in [5.41, 5.74) is 0.853. The van der Waals surface area contributed by atoms with Crippen LogP contribution in [0, 0.1) is 12.7 Å². The Hall–Kier alpha value is -1.58. The van der Waals surface area contributed by atoms with Crippen molar-refractivity contribution in [3.05, 3.63) is 29.6 Å². The number of halogens is 1. The van der Waals surface area contributed by atoms with Crippen molar-refractivity contribution in [2.75, 3.05) is 11.9 Å². The van der Waals surface area contributed by atoms with Crippen LogP contribution < -0.4 is 4.90 Å². The van der Waals surface area contributed by atoms with E-state index in [0.717, 1.165) is 5.69 Å². The van der Waals surface area contributed by atoms with Gasteiger partial charge in [-0.05, 0) is 44.5 Å². The lowest BCUT2D eigenvalue weighted by Crippen LogP contribution is -2.43. The largest absolute Gasteiger partial charge is 0.481 e. The Morgan fingerprint density at radius 3 is 2.53 bits per heavy atom. The smallest absolute Gasteiger partial charge is 0.305 e. The number of benzene rings is 1. The van der Waals surface area contributed by atoms with Crippen molar-refractivity contribution >= 4 is 11.7 Å².